The number of carbonyl (C=O) groups excluding carboxylic acids is 2. The van der Waals surface area contributed by atoms with E-state index in [1.165, 1.54) is 115 Å². The topological polar surface area (TPSA) is 534 Å². The molecule has 2 saturated heterocycles. The first-order valence-corrected chi connectivity index (χ1v) is 37.0. The number of cyclic esters (lactones) is 1. The van der Waals surface area contributed by atoms with Crippen molar-refractivity contribution in [2.24, 2.45) is 0 Å². The molecule has 0 radical (unpaired) electrons. The molecule has 84 heavy (non-hydrogen) atoms. The van der Waals surface area contributed by atoms with Crippen LogP contribution in [0.15, 0.2) is 140 Å². The van der Waals surface area contributed by atoms with E-state index in [1.54, 1.807) is 36.4 Å². The van der Waals surface area contributed by atoms with E-state index in [1.807, 2.05) is 4.90 Å². The van der Waals surface area contributed by atoms with Gasteiger partial charge >= 0.3 is 66.9 Å². The molecule has 0 aliphatic carbocycles. The number of piperazine rings is 1. The first kappa shape index (κ1) is 74.0. The summed E-state index contributed by atoms with van der Waals surface area (Å²) in [5.41, 5.74) is 0.723. The van der Waals surface area contributed by atoms with Crippen molar-refractivity contribution in [3.05, 3.63) is 168 Å². The van der Waals surface area contributed by atoms with Crippen molar-refractivity contribution in [2.45, 2.75) is 34.6 Å². The molecular weight excluding hydrogens is 1280 g/mol. The van der Waals surface area contributed by atoms with E-state index in [9.17, 15) is 50.5 Å². The van der Waals surface area contributed by atoms with Crippen LogP contribution in [0, 0.1) is 5.82 Å². The molecule has 2 amide bonds. The zero-order valence-corrected chi connectivity index (χ0v) is 50.6. The van der Waals surface area contributed by atoms with Crippen LogP contribution in [-0.2, 0) is 46.1 Å². The van der Waals surface area contributed by atoms with Crippen LogP contribution in [0.5, 0.6) is 0 Å². The molecule has 2 aliphatic rings. The highest BCUT2D eigenvalue weighted by Crippen LogP contribution is 2.72. The van der Waals surface area contributed by atoms with Gasteiger partial charge in [-0.2, -0.15) is 0 Å². The smallest absolute Gasteiger partial charge is 0.414 e. The number of nitrogens with one attached hydrogen (secondary N) is 2. The van der Waals surface area contributed by atoms with E-state index < -0.39 is 94.6 Å². The fourth-order valence-corrected chi connectivity index (χ4v) is 18.5. The summed E-state index contributed by atoms with van der Waals surface area (Å²) >= 11 is 0. The molecule has 466 valence electrons. The second-order valence-electron chi connectivity index (χ2n) is 17.8. The van der Waals surface area contributed by atoms with Gasteiger partial charge in [0.1, 0.15) is 11.9 Å². The predicted octanol–water partition coefficient (Wildman–Crippen LogP) is 4.86. The van der Waals surface area contributed by atoms with E-state index in [-0.39, 0.29) is 47.1 Å². The summed E-state index contributed by atoms with van der Waals surface area (Å²) in [5, 5.41) is -2.47. The number of anilines is 2. The van der Waals surface area contributed by atoms with Gasteiger partial charge < -0.3 is 98.6 Å². The van der Waals surface area contributed by atoms with Gasteiger partial charge in [0, 0.05) is 33.1 Å². The summed E-state index contributed by atoms with van der Waals surface area (Å²) < 4.78 is 108. The fraction of sp³-hybridized carbons (Fsp3) is 0.273. The summed E-state index contributed by atoms with van der Waals surface area (Å²) in [6.45, 7) is 5.08. The second kappa shape index (κ2) is 31.1. The SMILES string of the molecule is CC(=O)NC[C@H]1CN(c2ccc(N3CCNCC3)c(F)c2)C(=O)O1.O=P(O)(O)C(c1ccccc1)P(=O)(O)O.O=P(O)(O)C(c1ccccc1)P(=O)(O)O.O=P(O)(O)C(c1ccccc1)P(=O)(O)O.O=P(O)(O)C(c1ccccc1)P(=O)(O)O. The van der Waals surface area contributed by atoms with Gasteiger partial charge in [-0.1, -0.05) is 121 Å². The number of amides is 2. The number of hydrogen-bond acceptors (Lipinski definition) is 13. The van der Waals surface area contributed by atoms with Crippen molar-refractivity contribution in [1.82, 2.24) is 10.6 Å². The summed E-state index contributed by atoms with van der Waals surface area (Å²) in [5.74, 6) is -0.538. The Kier molecular flexibility index (Phi) is 27.4. The maximum absolute atomic E-state index is 14.5. The van der Waals surface area contributed by atoms with Gasteiger partial charge in [0.15, 0.2) is 21.6 Å². The third-order valence-electron chi connectivity index (χ3n) is 11.1. The maximum atomic E-state index is 14.5. The minimum Gasteiger partial charge on any atom is -0.442 e. The Bertz CT molecular complexity index is 2930. The lowest BCUT2D eigenvalue weighted by Gasteiger charge is -2.30. The minimum absolute atomic E-state index is 0.0702. The molecule has 0 spiro atoms. The average Bonchev–Trinajstić information content (AvgIpc) is 3.91. The molecule has 2 fully saturated rings. The Morgan fingerprint density at radius 3 is 1.05 bits per heavy atom. The van der Waals surface area contributed by atoms with E-state index in [2.05, 4.69) is 10.6 Å². The van der Waals surface area contributed by atoms with Crippen molar-refractivity contribution < 1.29 is 134 Å². The van der Waals surface area contributed by atoms with Crippen LogP contribution in [0.4, 0.5) is 20.6 Å². The summed E-state index contributed by atoms with van der Waals surface area (Å²) in [6, 6.07) is 32.9. The Morgan fingerprint density at radius 1 is 0.512 bits per heavy atom. The zero-order chi connectivity index (χ0) is 63.9. The summed E-state index contributed by atoms with van der Waals surface area (Å²) in [6.07, 6.45) is -0.961. The molecule has 0 saturated carbocycles. The largest absolute Gasteiger partial charge is 0.442 e. The summed E-state index contributed by atoms with van der Waals surface area (Å²) in [4.78, 5) is 168. The molecule has 2 aliphatic heterocycles. The lowest BCUT2D eigenvalue weighted by Crippen LogP contribution is -2.43. The van der Waals surface area contributed by atoms with Gasteiger partial charge in [-0.15, -0.1) is 0 Å². The number of ether oxygens (including phenoxy) is 1. The van der Waals surface area contributed by atoms with E-state index in [0.29, 0.717) is 11.4 Å². The molecule has 40 heteroatoms. The van der Waals surface area contributed by atoms with Crippen molar-refractivity contribution in [3.63, 3.8) is 0 Å². The van der Waals surface area contributed by atoms with Gasteiger partial charge in [0.25, 0.3) is 0 Å². The Hall–Kier alpha value is -4.27. The normalized spacial score (nSPS) is 15.4. The molecule has 31 nitrogen and oxygen atoms in total. The number of hydrogen-bond donors (Lipinski definition) is 18. The maximum Gasteiger partial charge on any atom is 0.414 e. The highest BCUT2D eigenvalue weighted by Gasteiger charge is 2.47. The molecule has 5 aromatic carbocycles. The third kappa shape index (κ3) is 24.1. The van der Waals surface area contributed by atoms with Crippen LogP contribution < -0.4 is 20.4 Å². The predicted molar refractivity (Wildman–Crippen MR) is 301 cm³/mol. The van der Waals surface area contributed by atoms with Crippen molar-refractivity contribution in [3.8, 4) is 0 Å². The lowest BCUT2D eigenvalue weighted by molar-refractivity contribution is -0.119. The highest BCUT2D eigenvalue weighted by molar-refractivity contribution is 7.71. The second-order valence-corrected chi connectivity index (χ2v) is 33.0. The molecule has 5 aromatic rings. The van der Waals surface area contributed by atoms with Crippen molar-refractivity contribution in [2.75, 3.05) is 49.1 Å². The number of nitrogens with zero attached hydrogens (tertiary/aromatic N) is 2. The molecule has 0 aromatic heterocycles. The summed E-state index contributed by atoms with van der Waals surface area (Å²) in [7, 11) is -39.1. The molecule has 1 atom stereocenters. The van der Waals surface area contributed by atoms with Gasteiger partial charge in [-0.3, -0.25) is 46.2 Å². The number of carbonyl (C=O) groups is 2. The number of halogens is 1. The van der Waals surface area contributed by atoms with Crippen LogP contribution in [-0.4, -0.2) is 136 Å². The van der Waals surface area contributed by atoms with Gasteiger partial charge in [-0.25, -0.2) is 9.18 Å². The molecule has 2 heterocycles. The Morgan fingerprint density at radius 2 is 0.798 bits per heavy atom. The quantitative estimate of drug-likeness (QED) is 0.0586. The number of benzene rings is 5. The fourth-order valence-electron chi connectivity index (χ4n) is 7.76. The van der Waals surface area contributed by atoms with Gasteiger partial charge in [0.2, 0.25) is 5.91 Å². The third-order valence-corrected chi connectivity index (χ3v) is 25.8. The minimum atomic E-state index is -4.88. The van der Waals surface area contributed by atoms with E-state index in [0.717, 1.165) is 26.2 Å². The monoisotopic (exact) mass is 1340 g/mol. The van der Waals surface area contributed by atoms with Crippen LogP contribution in [0.2, 0.25) is 0 Å². The first-order valence-electron chi connectivity index (χ1n) is 23.5. The van der Waals surface area contributed by atoms with Crippen molar-refractivity contribution in [1.29, 1.82) is 0 Å². The molecule has 0 unspecified atom stereocenters. The standard InChI is InChI=1S/C16H21FN4O3.4C7H10O6P2/c1-11(22)19-9-13-10-21(16(23)24-13)12-2-3-15(14(17)8-12)20-6-4-18-5-7-20;4*8-14(9,10)7(15(11,12)13)6-4-2-1-3-5-6/h2-3,8,13,18H,4-7,9-10H2,1H3,(H,19,22);4*1-5,7H,(H2,8,9,10)(H2,11,12,13)/t13-;;;;/m0..../s1. The molecule has 18 N–H and O–H groups in total. The van der Waals surface area contributed by atoms with E-state index in [4.69, 9.17) is 83.0 Å². The molecular formula is C44H61FN4O27P8. The van der Waals surface area contributed by atoms with Crippen LogP contribution in [0.1, 0.15) is 50.8 Å². The van der Waals surface area contributed by atoms with Gasteiger partial charge in [-0.05, 0) is 40.5 Å². The zero-order valence-electron chi connectivity index (χ0n) is 43.4. The number of rotatable bonds is 16. The Labute approximate surface area is 477 Å². The van der Waals surface area contributed by atoms with Gasteiger partial charge in [0.05, 0.1) is 24.5 Å². The van der Waals surface area contributed by atoms with Crippen molar-refractivity contribution >= 4 is 84.1 Å². The van der Waals surface area contributed by atoms with Crippen LogP contribution >= 0.6 is 60.8 Å². The highest BCUT2D eigenvalue weighted by atomic mass is 31.3. The van der Waals surface area contributed by atoms with Crippen LogP contribution in [0.25, 0.3) is 0 Å². The molecule has 7 rings (SSSR count). The lowest BCUT2D eigenvalue weighted by atomic mass is 10.2. The first-order chi connectivity index (χ1) is 38.5. The average molecular weight is 1340 g/mol. The molecule has 0 bridgehead atoms. The van der Waals surface area contributed by atoms with E-state index >= 15 is 0 Å². The van der Waals surface area contributed by atoms with Crippen LogP contribution in [0.3, 0.4) is 0 Å². The Balaban J connectivity index is 0.000000280.